The third-order valence-corrected chi connectivity index (χ3v) is 2.35. The van der Waals surface area contributed by atoms with Crippen LogP contribution >= 0.6 is 0 Å². The summed E-state index contributed by atoms with van der Waals surface area (Å²) in [5.41, 5.74) is -0.937. The first-order valence-electron chi connectivity index (χ1n) is 5.12. The molecule has 0 bridgehead atoms. The lowest BCUT2D eigenvalue weighted by Crippen LogP contribution is -2.27. The minimum absolute atomic E-state index is 0.330. The van der Waals surface area contributed by atoms with Gasteiger partial charge >= 0.3 is 5.97 Å². The van der Waals surface area contributed by atoms with Gasteiger partial charge < -0.3 is 10.1 Å². The van der Waals surface area contributed by atoms with Gasteiger partial charge in [-0.3, -0.25) is 9.69 Å². The fraction of sp³-hybridized carbons (Fsp3) is 0.500. The summed E-state index contributed by atoms with van der Waals surface area (Å²) in [7, 11) is 0. The lowest BCUT2D eigenvalue weighted by atomic mass is 10.3. The molecule has 1 aromatic rings. The summed E-state index contributed by atoms with van der Waals surface area (Å²) >= 11 is 0. The van der Waals surface area contributed by atoms with Crippen molar-refractivity contribution < 1.29 is 9.90 Å². The number of carboxylic acid groups (broad SMARTS) is 1. The van der Waals surface area contributed by atoms with Crippen molar-refractivity contribution >= 4 is 5.97 Å². The predicted molar refractivity (Wildman–Crippen MR) is 58.4 cm³/mol. The van der Waals surface area contributed by atoms with Crippen molar-refractivity contribution in [1.82, 2.24) is 14.9 Å². The Labute approximate surface area is 92.9 Å². The van der Waals surface area contributed by atoms with Crippen LogP contribution in [0.5, 0.6) is 0 Å². The molecule has 0 aliphatic heterocycles. The molecule has 6 heteroatoms. The van der Waals surface area contributed by atoms with Crippen molar-refractivity contribution in [2.45, 2.75) is 20.4 Å². The van der Waals surface area contributed by atoms with Crippen molar-refractivity contribution in [1.29, 1.82) is 0 Å². The predicted octanol–water partition coefficient (Wildman–Crippen LogP) is 0.310. The first kappa shape index (κ1) is 12.4. The highest BCUT2D eigenvalue weighted by atomic mass is 16.4. The van der Waals surface area contributed by atoms with Gasteiger partial charge in [0.15, 0.2) is 0 Å². The van der Waals surface area contributed by atoms with Gasteiger partial charge in [0.1, 0.15) is 11.4 Å². The first-order valence-corrected chi connectivity index (χ1v) is 5.12. The number of aromatic carboxylic acids is 1. The third-order valence-electron chi connectivity index (χ3n) is 2.35. The Balaban J connectivity index is 2.89. The smallest absolute Gasteiger partial charge is 0.342 e. The maximum Gasteiger partial charge on any atom is 0.342 e. The highest BCUT2D eigenvalue weighted by Crippen LogP contribution is 1.96. The first-order chi connectivity index (χ1) is 7.58. The van der Waals surface area contributed by atoms with Gasteiger partial charge in [0.25, 0.3) is 5.56 Å². The van der Waals surface area contributed by atoms with Crippen molar-refractivity contribution in [3.05, 3.63) is 27.9 Å². The molecule has 0 amide bonds. The number of aromatic amines is 1. The van der Waals surface area contributed by atoms with E-state index in [1.165, 1.54) is 0 Å². The minimum atomic E-state index is -1.26. The molecule has 1 rings (SSSR count). The van der Waals surface area contributed by atoms with E-state index in [0.29, 0.717) is 12.4 Å². The van der Waals surface area contributed by atoms with Crippen LogP contribution in [0.1, 0.15) is 30.0 Å². The molecule has 0 aromatic carbocycles. The van der Waals surface area contributed by atoms with Crippen molar-refractivity contribution in [3.8, 4) is 0 Å². The average molecular weight is 225 g/mol. The second-order valence-corrected chi connectivity index (χ2v) is 3.34. The SMILES string of the molecule is CCN(CC)Cc1ncc(C(=O)O)c(=O)[nH]1. The third kappa shape index (κ3) is 2.90. The number of aromatic nitrogens is 2. The van der Waals surface area contributed by atoms with E-state index in [1.807, 2.05) is 13.8 Å². The summed E-state index contributed by atoms with van der Waals surface area (Å²) in [6.07, 6.45) is 1.10. The average Bonchev–Trinajstić information content (AvgIpc) is 2.25. The van der Waals surface area contributed by atoms with Gasteiger partial charge in [-0.15, -0.1) is 0 Å². The summed E-state index contributed by atoms with van der Waals surface area (Å²) in [6.45, 7) is 6.23. The Bertz CT molecular complexity index is 424. The van der Waals surface area contributed by atoms with Gasteiger partial charge in [0.05, 0.1) is 6.54 Å². The van der Waals surface area contributed by atoms with Gasteiger partial charge in [-0.25, -0.2) is 9.78 Å². The number of hydrogen-bond acceptors (Lipinski definition) is 4. The maximum absolute atomic E-state index is 11.3. The molecule has 1 heterocycles. The molecule has 1 aromatic heterocycles. The Morgan fingerprint density at radius 3 is 2.56 bits per heavy atom. The van der Waals surface area contributed by atoms with Gasteiger partial charge in [0.2, 0.25) is 0 Å². The topological polar surface area (TPSA) is 86.3 Å². The lowest BCUT2D eigenvalue weighted by molar-refractivity contribution is 0.0694. The molecule has 88 valence electrons. The Morgan fingerprint density at radius 1 is 1.50 bits per heavy atom. The number of hydrogen-bond donors (Lipinski definition) is 2. The number of carboxylic acids is 1. The summed E-state index contributed by atoms with van der Waals surface area (Å²) in [6, 6.07) is 0. The molecule has 0 saturated carbocycles. The fourth-order valence-corrected chi connectivity index (χ4v) is 1.32. The van der Waals surface area contributed by atoms with Crippen LogP contribution in [0.2, 0.25) is 0 Å². The number of rotatable bonds is 5. The van der Waals surface area contributed by atoms with Gasteiger partial charge in [0, 0.05) is 6.20 Å². The van der Waals surface area contributed by atoms with E-state index < -0.39 is 11.5 Å². The highest BCUT2D eigenvalue weighted by Gasteiger charge is 2.10. The molecule has 0 saturated heterocycles. The molecule has 0 radical (unpaired) electrons. The normalized spacial score (nSPS) is 10.7. The second-order valence-electron chi connectivity index (χ2n) is 3.34. The van der Waals surface area contributed by atoms with Crippen LogP contribution in [0, 0.1) is 0 Å². The largest absolute Gasteiger partial charge is 0.477 e. The van der Waals surface area contributed by atoms with E-state index >= 15 is 0 Å². The van der Waals surface area contributed by atoms with Crippen molar-refractivity contribution in [2.75, 3.05) is 13.1 Å². The number of carbonyl (C=O) groups is 1. The summed E-state index contributed by atoms with van der Waals surface area (Å²) < 4.78 is 0. The van der Waals surface area contributed by atoms with E-state index in [9.17, 15) is 9.59 Å². The van der Waals surface area contributed by atoms with Gasteiger partial charge in [-0.1, -0.05) is 13.8 Å². The second kappa shape index (κ2) is 5.41. The Morgan fingerprint density at radius 2 is 2.12 bits per heavy atom. The quantitative estimate of drug-likeness (QED) is 0.753. The van der Waals surface area contributed by atoms with Crippen LogP contribution in [0.4, 0.5) is 0 Å². The summed E-state index contributed by atoms with van der Waals surface area (Å²) in [4.78, 5) is 30.4. The van der Waals surface area contributed by atoms with Crippen LogP contribution in [0.25, 0.3) is 0 Å². The molecular weight excluding hydrogens is 210 g/mol. The number of nitrogens with one attached hydrogen (secondary N) is 1. The standard InChI is InChI=1S/C10H15N3O3/c1-3-13(4-2)6-8-11-5-7(10(15)16)9(14)12-8/h5H,3-4,6H2,1-2H3,(H,15,16)(H,11,12,14). The molecule has 0 unspecified atom stereocenters. The van der Waals surface area contributed by atoms with Crippen LogP contribution in [0.3, 0.4) is 0 Å². The molecule has 2 N–H and O–H groups in total. The number of H-pyrrole nitrogens is 1. The van der Waals surface area contributed by atoms with Gasteiger partial charge in [-0.05, 0) is 13.1 Å². The number of nitrogens with zero attached hydrogens (tertiary/aromatic N) is 2. The van der Waals surface area contributed by atoms with Crippen LogP contribution in [-0.4, -0.2) is 39.0 Å². The van der Waals surface area contributed by atoms with Crippen molar-refractivity contribution in [2.24, 2.45) is 0 Å². The maximum atomic E-state index is 11.3. The summed E-state index contributed by atoms with van der Waals surface area (Å²) in [5.74, 6) is -0.776. The van der Waals surface area contributed by atoms with Crippen molar-refractivity contribution in [3.63, 3.8) is 0 Å². The monoisotopic (exact) mass is 225 g/mol. The van der Waals surface area contributed by atoms with Gasteiger partial charge in [-0.2, -0.15) is 0 Å². The Hall–Kier alpha value is -1.69. The highest BCUT2D eigenvalue weighted by molar-refractivity contribution is 5.86. The summed E-state index contributed by atoms with van der Waals surface area (Å²) in [5, 5.41) is 8.66. The molecule has 16 heavy (non-hydrogen) atoms. The molecule has 0 fully saturated rings. The lowest BCUT2D eigenvalue weighted by Gasteiger charge is -2.16. The zero-order chi connectivity index (χ0) is 12.1. The molecule has 0 atom stereocenters. The van der Waals surface area contributed by atoms with E-state index in [4.69, 9.17) is 5.11 Å². The zero-order valence-corrected chi connectivity index (χ0v) is 9.36. The van der Waals surface area contributed by atoms with E-state index in [-0.39, 0.29) is 5.56 Å². The molecular formula is C10H15N3O3. The van der Waals surface area contributed by atoms with Crippen LogP contribution < -0.4 is 5.56 Å². The van der Waals surface area contributed by atoms with Crippen LogP contribution in [0.15, 0.2) is 11.0 Å². The minimum Gasteiger partial charge on any atom is -0.477 e. The van der Waals surface area contributed by atoms with E-state index in [1.54, 1.807) is 0 Å². The molecule has 0 aliphatic rings. The Kier molecular flexibility index (Phi) is 4.19. The zero-order valence-electron chi connectivity index (χ0n) is 9.36. The van der Waals surface area contributed by atoms with E-state index in [0.717, 1.165) is 19.3 Å². The van der Waals surface area contributed by atoms with E-state index in [2.05, 4.69) is 14.9 Å². The molecule has 0 spiro atoms. The molecule has 6 nitrogen and oxygen atoms in total. The fourth-order valence-electron chi connectivity index (χ4n) is 1.32. The van der Waals surface area contributed by atoms with Crippen LogP contribution in [-0.2, 0) is 6.54 Å². The molecule has 0 aliphatic carbocycles.